The smallest absolute Gasteiger partial charge is 0.308 e. The molecule has 0 aliphatic carbocycles. The Hall–Kier alpha value is -0.220. The van der Waals surface area contributed by atoms with Crippen molar-refractivity contribution in [3.8, 4) is 0 Å². The van der Waals surface area contributed by atoms with Crippen LogP contribution in [0, 0.1) is 5.92 Å². The number of carboxylic acid groups (broad SMARTS) is 1. The van der Waals surface area contributed by atoms with E-state index in [9.17, 15) is 4.79 Å². The molecule has 1 aliphatic heterocycles. The molecule has 0 aromatic heterocycles. The summed E-state index contributed by atoms with van der Waals surface area (Å²) in [7, 11) is 3.91. The first-order valence-electron chi connectivity index (χ1n) is 4.10. The summed E-state index contributed by atoms with van der Waals surface area (Å²) in [5.41, 5.74) is 0. The molecule has 1 aliphatic rings. The van der Waals surface area contributed by atoms with E-state index in [-0.39, 0.29) is 12.0 Å². The lowest BCUT2D eigenvalue weighted by atomic mass is 9.98. The zero-order valence-corrected chi connectivity index (χ0v) is 8.30. The minimum Gasteiger partial charge on any atom is -0.481 e. The van der Waals surface area contributed by atoms with Crippen LogP contribution in [0.25, 0.3) is 0 Å². The highest BCUT2D eigenvalue weighted by molar-refractivity contribution is 7.99. The summed E-state index contributed by atoms with van der Waals surface area (Å²) in [6.07, 6.45) is 0.995. The van der Waals surface area contributed by atoms with E-state index in [1.165, 1.54) is 0 Å². The fourth-order valence-corrected chi connectivity index (χ4v) is 2.77. The molecule has 70 valence electrons. The lowest BCUT2D eigenvalue weighted by molar-refractivity contribution is -0.143. The van der Waals surface area contributed by atoms with Crippen molar-refractivity contribution in [1.29, 1.82) is 0 Å². The highest BCUT2D eigenvalue weighted by Gasteiger charge is 2.32. The number of thioether (sulfide) groups is 1. The summed E-state index contributed by atoms with van der Waals surface area (Å²) in [4.78, 5) is 12.9. The normalized spacial score (nSPS) is 30.6. The van der Waals surface area contributed by atoms with Crippen LogP contribution in [0.4, 0.5) is 0 Å². The van der Waals surface area contributed by atoms with Crippen molar-refractivity contribution >= 4 is 17.7 Å². The van der Waals surface area contributed by atoms with Crippen LogP contribution in [-0.2, 0) is 4.79 Å². The molecule has 4 heteroatoms. The summed E-state index contributed by atoms with van der Waals surface area (Å²) < 4.78 is 0. The third kappa shape index (κ3) is 2.14. The van der Waals surface area contributed by atoms with Crippen molar-refractivity contribution in [2.75, 3.05) is 25.6 Å². The van der Waals surface area contributed by atoms with Gasteiger partial charge in [0.1, 0.15) is 0 Å². The van der Waals surface area contributed by atoms with Gasteiger partial charge in [-0.15, -0.1) is 0 Å². The zero-order valence-electron chi connectivity index (χ0n) is 7.49. The molecular weight excluding hydrogens is 174 g/mol. The van der Waals surface area contributed by atoms with Crippen molar-refractivity contribution in [3.05, 3.63) is 0 Å². The average Bonchev–Trinajstić information content (AvgIpc) is 2.04. The van der Waals surface area contributed by atoms with Crippen LogP contribution >= 0.6 is 11.8 Å². The third-order valence-electron chi connectivity index (χ3n) is 2.30. The van der Waals surface area contributed by atoms with E-state index < -0.39 is 5.97 Å². The van der Waals surface area contributed by atoms with E-state index in [1.54, 1.807) is 11.8 Å². The maximum Gasteiger partial charge on any atom is 0.308 e. The average molecular weight is 189 g/mol. The fraction of sp³-hybridized carbons (Fsp3) is 0.875. The first kappa shape index (κ1) is 9.86. The minimum absolute atomic E-state index is 0.182. The van der Waals surface area contributed by atoms with Gasteiger partial charge in [0.05, 0.1) is 5.92 Å². The second-order valence-electron chi connectivity index (χ2n) is 3.34. The van der Waals surface area contributed by atoms with Gasteiger partial charge in [-0.05, 0) is 26.3 Å². The van der Waals surface area contributed by atoms with Gasteiger partial charge in [-0.2, -0.15) is 11.8 Å². The Morgan fingerprint density at radius 3 is 2.67 bits per heavy atom. The van der Waals surface area contributed by atoms with Crippen LogP contribution in [0.15, 0.2) is 0 Å². The van der Waals surface area contributed by atoms with Crippen molar-refractivity contribution in [2.45, 2.75) is 12.5 Å². The van der Waals surface area contributed by atoms with Gasteiger partial charge in [0.2, 0.25) is 0 Å². The first-order chi connectivity index (χ1) is 5.63. The van der Waals surface area contributed by atoms with E-state index in [0.29, 0.717) is 0 Å². The van der Waals surface area contributed by atoms with E-state index in [0.717, 1.165) is 17.9 Å². The number of hydrogen-bond donors (Lipinski definition) is 1. The number of hydrogen-bond acceptors (Lipinski definition) is 3. The summed E-state index contributed by atoms with van der Waals surface area (Å²) in [6, 6.07) is 0.226. The second kappa shape index (κ2) is 4.14. The molecule has 0 saturated carbocycles. The van der Waals surface area contributed by atoms with E-state index in [1.807, 2.05) is 19.0 Å². The summed E-state index contributed by atoms with van der Waals surface area (Å²) in [5, 5.41) is 8.92. The maximum absolute atomic E-state index is 10.8. The van der Waals surface area contributed by atoms with Crippen molar-refractivity contribution in [3.63, 3.8) is 0 Å². The molecule has 1 saturated heterocycles. The van der Waals surface area contributed by atoms with Crippen LogP contribution in [0.3, 0.4) is 0 Å². The van der Waals surface area contributed by atoms with Crippen LogP contribution < -0.4 is 0 Å². The fourth-order valence-electron chi connectivity index (χ4n) is 1.58. The van der Waals surface area contributed by atoms with E-state index in [4.69, 9.17) is 5.11 Å². The molecule has 1 fully saturated rings. The Balaban J connectivity index is 2.60. The predicted molar refractivity (Wildman–Crippen MR) is 50.5 cm³/mol. The third-order valence-corrected chi connectivity index (χ3v) is 3.42. The standard InChI is InChI=1S/C8H15NO2S/c1-9(2)7-3-4-12-5-6(7)8(10)11/h6-7H,3-5H2,1-2H3,(H,10,11). The summed E-state index contributed by atoms with van der Waals surface area (Å²) >= 11 is 1.74. The highest BCUT2D eigenvalue weighted by Crippen LogP contribution is 2.25. The Morgan fingerprint density at radius 1 is 1.58 bits per heavy atom. The molecule has 1 heterocycles. The lowest BCUT2D eigenvalue weighted by Crippen LogP contribution is -2.43. The topological polar surface area (TPSA) is 40.5 Å². The summed E-state index contributed by atoms with van der Waals surface area (Å²) in [5.74, 6) is 1.02. The summed E-state index contributed by atoms with van der Waals surface area (Å²) in [6.45, 7) is 0. The maximum atomic E-state index is 10.8. The number of aliphatic carboxylic acids is 1. The SMILES string of the molecule is CN(C)C1CCSCC1C(=O)O. The number of nitrogens with zero attached hydrogens (tertiary/aromatic N) is 1. The molecule has 0 radical (unpaired) electrons. The van der Waals surface area contributed by atoms with Gasteiger partial charge in [-0.1, -0.05) is 0 Å². The molecule has 1 N–H and O–H groups in total. The van der Waals surface area contributed by atoms with Crippen molar-refractivity contribution in [1.82, 2.24) is 4.90 Å². The van der Waals surface area contributed by atoms with Crippen LogP contribution in [-0.4, -0.2) is 47.6 Å². The highest BCUT2D eigenvalue weighted by atomic mass is 32.2. The molecule has 2 atom stereocenters. The minimum atomic E-state index is -0.652. The zero-order chi connectivity index (χ0) is 9.14. The molecular formula is C8H15NO2S. The van der Waals surface area contributed by atoms with E-state index >= 15 is 0 Å². The molecule has 0 aromatic carbocycles. The van der Waals surface area contributed by atoms with Crippen molar-refractivity contribution in [2.24, 2.45) is 5.92 Å². The Bertz CT molecular complexity index is 172. The Kier molecular flexibility index (Phi) is 3.40. The van der Waals surface area contributed by atoms with Gasteiger partial charge in [0, 0.05) is 11.8 Å². The van der Waals surface area contributed by atoms with E-state index in [2.05, 4.69) is 0 Å². The molecule has 0 spiro atoms. The van der Waals surface area contributed by atoms with Crippen molar-refractivity contribution < 1.29 is 9.90 Å². The monoisotopic (exact) mass is 189 g/mol. The van der Waals surface area contributed by atoms with Gasteiger partial charge in [0.25, 0.3) is 0 Å². The molecule has 0 amide bonds. The number of carboxylic acids is 1. The number of rotatable bonds is 2. The molecule has 0 aromatic rings. The molecule has 0 bridgehead atoms. The Morgan fingerprint density at radius 2 is 2.25 bits per heavy atom. The number of carbonyl (C=O) groups is 1. The van der Waals surface area contributed by atoms with Gasteiger partial charge in [-0.25, -0.2) is 0 Å². The van der Waals surface area contributed by atoms with Crippen LogP contribution in [0.5, 0.6) is 0 Å². The van der Waals surface area contributed by atoms with Gasteiger partial charge in [-0.3, -0.25) is 4.79 Å². The first-order valence-corrected chi connectivity index (χ1v) is 5.25. The molecule has 3 nitrogen and oxygen atoms in total. The van der Waals surface area contributed by atoms with Crippen LogP contribution in [0.1, 0.15) is 6.42 Å². The molecule has 2 unspecified atom stereocenters. The largest absolute Gasteiger partial charge is 0.481 e. The predicted octanol–water partition coefficient (Wildman–Crippen LogP) is 0.754. The quantitative estimate of drug-likeness (QED) is 0.696. The molecule has 1 rings (SSSR count). The van der Waals surface area contributed by atoms with Gasteiger partial charge in [0.15, 0.2) is 0 Å². The lowest BCUT2D eigenvalue weighted by Gasteiger charge is -2.33. The van der Waals surface area contributed by atoms with Gasteiger partial charge >= 0.3 is 5.97 Å². The second-order valence-corrected chi connectivity index (χ2v) is 4.49. The molecule has 12 heavy (non-hydrogen) atoms. The van der Waals surface area contributed by atoms with Gasteiger partial charge < -0.3 is 10.0 Å². The van der Waals surface area contributed by atoms with Crippen LogP contribution in [0.2, 0.25) is 0 Å². The Labute approximate surface area is 77.1 Å².